The molecule has 0 spiro atoms. The maximum atomic E-state index is 11.9. The van der Waals surface area contributed by atoms with Gasteiger partial charge in [0.25, 0.3) is 0 Å². The van der Waals surface area contributed by atoms with Gasteiger partial charge in [0.05, 0.1) is 12.6 Å². The Morgan fingerprint density at radius 1 is 1.08 bits per heavy atom. The number of nitrogens with one attached hydrogen (secondary N) is 2. The van der Waals surface area contributed by atoms with Crippen molar-refractivity contribution in [2.45, 2.75) is 25.8 Å². The second-order valence-electron chi connectivity index (χ2n) is 6.63. The van der Waals surface area contributed by atoms with Gasteiger partial charge in [0.1, 0.15) is 0 Å². The smallest absolute Gasteiger partial charge is 0.315 e. The highest BCUT2D eigenvalue weighted by Crippen LogP contribution is 2.28. The van der Waals surface area contributed by atoms with E-state index < -0.39 is 0 Å². The molecule has 1 unspecified atom stereocenters. The first-order valence-corrected chi connectivity index (χ1v) is 9.00. The van der Waals surface area contributed by atoms with Crippen LogP contribution in [0.3, 0.4) is 0 Å². The molecule has 3 rings (SSSR count). The molecular weight excluding hydrogens is 312 g/mol. The zero-order chi connectivity index (χ0) is 17.5. The summed E-state index contributed by atoms with van der Waals surface area (Å²) in [5, 5.41) is 5.80. The molecule has 132 valence electrons. The Hall–Kier alpha value is -2.33. The lowest BCUT2D eigenvalue weighted by molar-refractivity contribution is 0.127. The second-order valence-corrected chi connectivity index (χ2v) is 6.63. The molecule has 2 aromatic carbocycles. The first kappa shape index (κ1) is 17.5. The summed E-state index contributed by atoms with van der Waals surface area (Å²) in [5.74, 6) is 0.757. The number of ether oxygens (including phenoxy) is 1. The maximum absolute atomic E-state index is 11.9. The molecule has 4 heteroatoms. The summed E-state index contributed by atoms with van der Waals surface area (Å²) >= 11 is 0. The molecule has 2 aromatic rings. The van der Waals surface area contributed by atoms with Crippen LogP contribution in [0.15, 0.2) is 54.6 Å². The molecule has 1 fully saturated rings. The van der Waals surface area contributed by atoms with Gasteiger partial charge in [-0.1, -0.05) is 54.6 Å². The van der Waals surface area contributed by atoms with Crippen molar-refractivity contribution in [2.24, 2.45) is 5.92 Å². The normalized spacial score (nSPS) is 14.8. The molecule has 1 aliphatic carbocycles. The van der Waals surface area contributed by atoms with E-state index >= 15 is 0 Å². The van der Waals surface area contributed by atoms with Crippen LogP contribution in [0, 0.1) is 5.92 Å². The van der Waals surface area contributed by atoms with E-state index in [4.69, 9.17) is 4.74 Å². The van der Waals surface area contributed by atoms with Gasteiger partial charge in [0.2, 0.25) is 0 Å². The third-order valence-electron chi connectivity index (χ3n) is 4.45. The van der Waals surface area contributed by atoms with Crippen LogP contribution in [0.1, 0.15) is 31.4 Å². The molecule has 2 N–H and O–H groups in total. The molecule has 1 aliphatic rings. The van der Waals surface area contributed by atoms with E-state index in [-0.39, 0.29) is 12.1 Å². The van der Waals surface area contributed by atoms with E-state index in [1.807, 2.05) is 25.1 Å². The van der Waals surface area contributed by atoms with Gasteiger partial charge in [-0.2, -0.15) is 0 Å². The Kier molecular flexibility index (Phi) is 6.07. The predicted molar refractivity (Wildman–Crippen MR) is 100 cm³/mol. The lowest BCUT2D eigenvalue weighted by Gasteiger charge is -2.15. The van der Waals surface area contributed by atoms with Crippen molar-refractivity contribution in [3.63, 3.8) is 0 Å². The Morgan fingerprint density at radius 2 is 1.76 bits per heavy atom. The number of carbonyl (C=O) groups is 1. The van der Waals surface area contributed by atoms with Gasteiger partial charge in [-0.05, 0) is 42.4 Å². The molecule has 0 aromatic heterocycles. The molecule has 4 nitrogen and oxygen atoms in total. The van der Waals surface area contributed by atoms with E-state index in [2.05, 4.69) is 47.0 Å². The summed E-state index contributed by atoms with van der Waals surface area (Å²) in [4.78, 5) is 11.9. The lowest BCUT2D eigenvalue weighted by atomic mass is 10.0. The number of rotatable bonds is 8. The standard InChI is InChI=1S/C21H26N2O2/c1-16(23-21(24)22-13-14-25-15-17-7-8-17)18-9-11-20(12-10-18)19-5-3-2-4-6-19/h2-6,9-12,16-17H,7-8,13-15H2,1H3,(H2,22,23,24). The Bertz CT molecular complexity index is 666. The number of hydrogen-bond acceptors (Lipinski definition) is 2. The predicted octanol–water partition coefficient (Wildman–Crippen LogP) is 4.14. The fourth-order valence-electron chi connectivity index (χ4n) is 2.70. The maximum Gasteiger partial charge on any atom is 0.315 e. The van der Waals surface area contributed by atoms with Gasteiger partial charge in [0, 0.05) is 13.2 Å². The topological polar surface area (TPSA) is 50.4 Å². The van der Waals surface area contributed by atoms with Crippen LogP contribution in [0.5, 0.6) is 0 Å². The zero-order valence-electron chi connectivity index (χ0n) is 14.7. The summed E-state index contributed by atoms with van der Waals surface area (Å²) in [6.07, 6.45) is 2.57. The quantitative estimate of drug-likeness (QED) is 0.711. The molecule has 0 radical (unpaired) electrons. The highest BCUT2D eigenvalue weighted by Gasteiger charge is 2.20. The van der Waals surface area contributed by atoms with Crippen molar-refractivity contribution in [3.8, 4) is 11.1 Å². The van der Waals surface area contributed by atoms with E-state index in [9.17, 15) is 4.79 Å². The van der Waals surface area contributed by atoms with Crippen LogP contribution in [0.25, 0.3) is 11.1 Å². The molecule has 0 saturated heterocycles. The summed E-state index contributed by atoms with van der Waals surface area (Å²) in [6, 6.07) is 18.4. The molecule has 25 heavy (non-hydrogen) atoms. The molecule has 0 bridgehead atoms. The average molecular weight is 338 g/mol. The second kappa shape index (κ2) is 8.67. The first-order valence-electron chi connectivity index (χ1n) is 9.00. The van der Waals surface area contributed by atoms with Crippen molar-refractivity contribution in [3.05, 3.63) is 60.2 Å². The number of urea groups is 1. The van der Waals surface area contributed by atoms with Gasteiger partial charge < -0.3 is 15.4 Å². The third-order valence-corrected chi connectivity index (χ3v) is 4.45. The third kappa shape index (κ3) is 5.61. The number of hydrogen-bond donors (Lipinski definition) is 2. The number of carbonyl (C=O) groups excluding carboxylic acids is 1. The Morgan fingerprint density at radius 3 is 2.44 bits per heavy atom. The van der Waals surface area contributed by atoms with E-state index in [1.54, 1.807) is 0 Å². The Labute approximate surface area is 149 Å². The SMILES string of the molecule is CC(NC(=O)NCCOCC1CC1)c1ccc(-c2ccccc2)cc1. The minimum absolute atomic E-state index is 0.0443. The summed E-state index contributed by atoms with van der Waals surface area (Å²) in [7, 11) is 0. The van der Waals surface area contributed by atoms with E-state index in [0.717, 1.165) is 18.1 Å². The summed E-state index contributed by atoms with van der Waals surface area (Å²) < 4.78 is 5.51. The van der Waals surface area contributed by atoms with Crippen molar-refractivity contribution in [1.82, 2.24) is 10.6 Å². The number of amides is 2. The molecule has 0 heterocycles. The molecule has 0 aliphatic heterocycles. The van der Waals surface area contributed by atoms with E-state index in [1.165, 1.54) is 24.0 Å². The van der Waals surface area contributed by atoms with Crippen LogP contribution in [0.2, 0.25) is 0 Å². The number of benzene rings is 2. The van der Waals surface area contributed by atoms with Crippen molar-refractivity contribution in [1.29, 1.82) is 0 Å². The minimum Gasteiger partial charge on any atom is -0.379 e. The first-order chi connectivity index (χ1) is 12.2. The lowest BCUT2D eigenvalue weighted by Crippen LogP contribution is -2.38. The molecular formula is C21H26N2O2. The van der Waals surface area contributed by atoms with Gasteiger partial charge in [0.15, 0.2) is 0 Å². The van der Waals surface area contributed by atoms with Gasteiger partial charge >= 0.3 is 6.03 Å². The van der Waals surface area contributed by atoms with Crippen LogP contribution in [0.4, 0.5) is 4.79 Å². The highest BCUT2D eigenvalue weighted by molar-refractivity contribution is 5.74. The van der Waals surface area contributed by atoms with Gasteiger partial charge in [-0.15, -0.1) is 0 Å². The van der Waals surface area contributed by atoms with Crippen LogP contribution in [-0.2, 0) is 4.74 Å². The van der Waals surface area contributed by atoms with Crippen LogP contribution in [-0.4, -0.2) is 25.8 Å². The molecule has 1 saturated carbocycles. The Balaban J connectivity index is 1.42. The molecule has 2 amide bonds. The van der Waals surface area contributed by atoms with Crippen molar-refractivity contribution in [2.75, 3.05) is 19.8 Å². The van der Waals surface area contributed by atoms with E-state index in [0.29, 0.717) is 13.2 Å². The summed E-state index contributed by atoms with van der Waals surface area (Å²) in [6.45, 7) is 3.93. The van der Waals surface area contributed by atoms with Crippen LogP contribution < -0.4 is 10.6 Å². The van der Waals surface area contributed by atoms with Crippen molar-refractivity contribution < 1.29 is 9.53 Å². The average Bonchev–Trinajstić information content (AvgIpc) is 3.46. The fourth-order valence-corrected chi connectivity index (χ4v) is 2.70. The zero-order valence-corrected chi connectivity index (χ0v) is 14.7. The van der Waals surface area contributed by atoms with Gasteiger partial charge in [-0.25, -0.2) is 4.79 Å². The summed E-state index contributed by atoms with van der Waals surface area (Å²) in [5.41, 5.74) is 3.45. The van der Waals surface area contributed by atoms with Crippen molar-refractivity contribution >= 4 is 6.03 Å². The largest absolute Gasteiger partial charge is 0.379 e. The molecule has 1 atom stereocenters. The monoisotopic (exact) mass is 338 g/mol. The minimum atomic E-state index is -0.158. The highest BCUT2D eigenvalue weighted by atomic mass is 16.5. The fraction of sp³-hybridized carbons (Fsp3) is 0.381. The van der Waals surface area contributed by atoms with Gasteiger partial charge in [-0.3, -0.25) is 0 Å². The van der Waals surface area contributed by atoms with Crippen LogP contribution >= 0.6 is 0 Å².